The second kappa shape index (κ2) is 4.64. The van der Waals surface area contributed by atoms with Crippen molar-refractivity contribution in [3.8, 4) is 0 Å². The van der Waals surface area contributed by atoms with Crippen molar-refractivity contribution in [2.75, 3.05) is 0 Å². The summed E-state index contributed by atoms with van der Waals surface area (Å²) in [5, 5.41) is 0.369. The molecule has 2 aromatic carbocycles. The molecule has 5 heteroatoms. The van der Waals surface area contributed by atoms with Gasteiger partial charge in [-0.2, -0.15) is 0 Å². The topological polar surface area (TPSA) is 46.0 Å². The maximum Gasteiger partial charge on any atom is 0.266 e. The second-order valence-corrected chi connectivity index (χ2v) is 4.82. The van der Waals surface area contributed by atoms with Crippen LogP contribution in [0.3, 0.4) is 0 Å². The van der Waals surface area contributed by atoms with E-state index in [1.165, 1.54) is 0 Å². The molecule has 94 valence electrons. The van der Waals surface area contributed by atoms with Gasteiger partial charge in [0.25, 0.3) is 4.84 Å². The Bertz CT molecular complexity index is 820. The van der Waals surface area contributed by atoms with Gasteiger partial charge >= 0.3 is 0 Å². The molecule has 0 aliphatic heterocycles. The highest BCUT2D eigenvalue weighted by Gasteiger charge is 2.15. The SMILES string of the molecule is O=C(c1ccccc1)c1cc2oc(=S)[nH]c2cc1Cl. The molecule has 0 aliphatic carbocycles. The van der Waals surface area contributed by atoms with Gasteiger partial charge in [0, 0.05) is 11.1 Å². The third-order valence-electron chi connectivity index (χ3n) is 2.79. The molecule has 0 aliphatic rings. The smallest absolute Gasteiger partial charge is 0.266 e. The molecule has 3 nitrogen and oxygen atoms in total. The molecular formula is C14H8ClNO2S. The van der Waals surface area contributed by atoms with Crippen LogP contribution < -0.4 is 0 Å². The number of benzene rings is 2. The Morgan fingerprint density at radius 3 is 2.68 bits per heavy atom. The monoisotopic (exact) mass is 289 g/mol. The lowest BCUT2D eigenvalue weighted by atomic mass is 10.0. The van der Waals surface area contributed by atoms with Crippen LogP contribution >= 0.6 is 23.8 Å². The number of hydrogen-bond donors (Lipinski definition) is 1. The largest absolute Gasteiger partial charge is 0.429 e. The second-order valence-electron chi connectivity index (χ2n) is 4.04. The summed E-state index contributed by atoms with van der Waals surface area (Å²) in [4.78, 5) is 15.5. The number of oxazole rings is 1. The Labute approximate surface area is 118 Å². The van der Waals surface area contributed by atoms with Gasteiger partial charge < -0.3 is 9.40 Å². The first-order valence-corrected chi connectivity index (χ1v) is 6.36. The van der Waals surface area contributed by atoms with Gasteiger partial charge in [0.2, 0.25) is 0 Å². The van der Waals surface area contributed by atoms with Gasteiger partial charge in [-0.1, -0.05) is 41.9 Å². The Morgan fingerprint density at radius 1 is 1.21 bits per heavy atom. The third kappa shape index (κ3) is 2.20. The van der Waals surface area contributed by atoms with Crippen LogP contribution in [0.5, 0.6) is 0 Å². The van der Waals surface area contributed by atoms with E-state index in [1.807, 2.05) is 18.2 Å². The zero-order valence-corrected chi connectivity index (χ0v) is 11.2. The molecule has 0 spiro atoms. The molecule has 0 amide bonds. The van der Waals surface area contributed by atoms with E-state index in [4.69, 9.17) is 28.2 Å². The quantitative estimate of drug-likeness (QED) is 0.563. The number of fused-ring (bicyclic) bond motifs is 1. The highest BCUT2D eigenvalue weighted by Crippen LogP contribution is 2.25. The highest BCUT2D eigenvalue weighted by atomic mass is 35.5. The lowest BCUT2D eigenvalue weighted by molar-refractivity contribution is 0.103. The van der Waals surface area contributed by atoms with E-state index in [0.29, 0.717) is 27.2 Å². The van der Waals surface area contributed by atoms with E-state index < -0.39 is 0 Å². The number of aromatic amines is 1. The summed E-state index contributed by atoms with van der Waals surface area (Å²) >= 11 is 11.0. The predicted octanol–water partition coefficient (Wildman–Crippen LogP) is 4.37. The van der Waals surface area contributed by atoms with Crippen LogP contribution in [0.2, 0.25) is 5.02 Å². The summed E-state index contributed by atoms with van der Waals surface area (Å²) in [6.45, 7) is 0. The van der Waals surface area contributed by atoms with Gasteiger partial charge in [-0.05, 0) is 24.4 Å². The van der Waals surface area contributed by atoms with Crippen molar-refractivity contribution in [3.63, 3.8) is 0 Å². The number of rotatable bonds is 2. The maximum atomic E-state index is 12.4. The van der Waals surface area contributed by atoms with E-state index in [0.717, 1.165) is 0 Å². The number of nitrogens with one attached hydrogen (secondary N) is 1. The Balaban J connectivity index is 2.17. The number of hydrogen-bond acceptors (Lipinski definition) is 3. The fourth-order valence-electron chi connectivity index (χ4n) is 1.89. The molecule has 0 fully saturated rings. The standard InChI is InChI=1S/C14H8ClNO2S/c15-10-7-11-12(18-14(19)16-11)6-9(10)13(17)8-4-2-1-3-5-8/h1-7H,(H,16,19). The van der Waals surface area contributed by atoms with E-state index in [1.54, 1.807) is 24.3 Å². The number of aromatic nitrogens is 1. The molecule has 1 aromatic heterocycles. The minimum Gasteiger partial charge on any atom is -0.429 e. The zero-order chi connectivity index (χ0) is 13.4. The molecule has 0 saturated heterocycles. The lowest BCUT2D eigenvalue weighted by Crippen LogP contribution is -2.01. The van der Waals surface area contributed by atoms with E-state index in [2.05, 4.69) is 4.98 Å². The van der Waals surface area contributed by atoms with Crippen LogP contribution in [-0.2, 0) is 0 Å². The first-order chi connectivity index (χ1) is 9.15. The van der Waals surface area contributed by atoms with Gasteiger partial charge in [-0.25, -0.2) is 0 Å². The average molecular weight is 290 g/mol. The van der Waals surface area contributed by atoms with Gasteiger partial charge in [0.1, 0.15) is 0 Å². The van der Waals surface area contributed by atoms with Crippen molar-refractivity contribution < 1.29 is 9.21 Å². The van der Waals surface area contributed by atoms with Crippen molar-refractivity contribution >= 4 is 40.7 Å². The minimum atomic E-state index is -0.144. The molecule has 1 N–H and O–H groups in total. The minimum absolute atomic E-state index is 0.144. The Morgan fingerprint density at radius 2 is 1.95 bits per heavy atom. The van der Waals surface area contributed by atoms with Crippen molar-refractivity contribution in [3.05, 3.63) is 63.5 Å². The summed E-state index contributed by atoms with van der Waals surface area (Å²) in [6, 6.07) is 12.2. The third-order valence-corrected chi connectivity index (χ3v) is 3.29. The Hall–Kier alpha value is -1.91. The normalized spacial score (nSPS) is 10.8. The molecule has 0 radical (unpaired) electrons. The molecular weight excluding hydrogens is 282 g/mol. The van der Waals surface area contributed by atoms with E-state index in [-0.39, 0.29) is 10.6 Å². The maximum absolute atomic E-state index is 12.4. The van der Waals surface area contributed by atoms with Crippen molar-refractivity contribution in [2.45, 2.75) is 0 Å². The van der Waals surface area contributed by atoms with Crippen LogP contribution in [0.25, 0.3) is 11.1 Å². The zero-order valence-electron chi connectivity index (χ0n) is 9.64. The summed E-state index contributed by atoms with van der Waals surface area (Å²) in [5.41, 5.74) is 2.18. The highest BCUT2D eigenvalue weighted by molar-refractivity contribution is 7.71. The molecule has 19 heavy (non-hydrogen) atoms. The average Bonchev–Trinajstić information content (AvgIpc) is 2.77. The van der Waals surface area contributed by atoms with E-state index >= 15 is 0 Å². The fourth-order valence-corrected chi connectivity index (χ4v) is 2.34. The molecule has 1 heterocycles. The first-order valence-electron chi connectivity index (χ1n) is 5.57. The lowest BCUT2D eigenvalue weighted by Gasteiger charge is -2.03. The molecule has 0 unspecified atom stereocenters. The van der Waals surface area contributed by atoms with Crippen LogP contribution in [-0.4, -0.2) is 10.8 Å². The summed E-state index contributed by atoms with van der Waals surface area (Å²) in [7, 11) is 0. The van der Waals surface area contributed by atoms with Gasteiger partial charge in [0.15, 0.2) is 11.4 Å². The fraction of sp³-hybridized carbons (Fsp3) is 0. The number of ketones is 1. The van der Waals surface area contributed by atoms with Crippen LogP contribution in [0.15, 0.2) is 46.9 Å². The Kier molecular flexibility index (Phi) is 2.97. The molecule has 0 bridgehead atoms. The molecule has 0 saturated carbocycles. The molecule has 0 atom stereocenters. The predicted molar refractivity (Wildman–Crippen MR) is 76.3 cm³/mol. The van der Waals surface area contributed by atoms with E-state index in [9.17, 15) is 4.79 Å². The van der Waals surface area contributed by atoms with Crippen molar-refractivity contribution in [1.29, 1.82) is 0 Å². The van der Waals surface area contributed by atoms with Crippen LogP contribution in [0.4, 0.5) is 0 Å². The first kappa shape index (κ1) is 12.1. The summed E-state index contributed by atoms with van der Waals surface area (Å²) < 4.78 is 5.30. The molecule has 3 aromatic rings. The number of carbonyl (C=O) groups is 1. The van der Waals surface area contributed by atoms with Crippen molar-refractivity contribution in [1.82, 2.24) is 4.98 Å². The van der Waals surface area contributed by atoms with Gasteiger partial charge in [0.05, 0.1) is 10.5 Å². The van der Waals surface area contributed by atoms with Gasteiger partial charge in [-0.15, -0.1) is 0 Å². The van der Waals surface area contributed by atoms with Crippen molar-refractivity contribution in [2.24, 2.45) is 0 Å². The van der Waals surface area contributed by atoms with Crippen LogP contribution in [0.1, 0.15) is 15.9 Å². The number of halogens is 1. The summed E-state index contributed by atoms with van der Waals surface area (Å²) in [5.74, 6) is -0.144. The van der Waals surface area contributed by atoms with Crippen LogP contribution in [0, 0.1) is 4.84 Å². The number of H-pyrrole nitrogens is 1. The number of carbonyl (C=O) groups excluding carboxylic acids is 1. The molecule has 3 rings (SSSR count). The van der Waals surface area contributed by atoms with Gasteiger partial charge in [-0.3, -0.25) is 4.79 Å². The summed E-state index contributed by atoms with van der Waals surface area (Å²) in [6.07, 6.45) is 0.